The molecule has 0 aliphatic rings. The van der Waals surface area contributed by atoms with Crippen LogP contribution in [0.1, 0.15) is 19.4 Å². The van der Waals surface area contributed by atoms with E-state index >= 15 is 0 Å². The second kappa shape index (κ2) is 9.02. The highest BCUT2D eigenvalue weighted by Crippen LogP contribution is 2.30. The third kappa shape index (κ3) is 6.09. The minimum atomic E-state index is -4.50. The lowest BCUT2D eigenvalue weighted by Gasteiger charge is -2.15. The van der Waals surface area contributed by atoms with Gasteiger partial charge in [0.25, 0.3) is 0 Å². The number of rotatable bonds is 7. The van der Waals surface area contributed by atoms with E-state index < -0.39 is 33.7 Å². The van der Waals surface area contributed by atoms with Crippen molar-refractivity contribution < 1.29 is 31.1 Å². The summed E-state index contributed by atoms with van der Waals surface area (Å²) in [5.41, 5.74) is -0.769. The number of anilines is 1. The Bertz CT molecular complexity index is 980. The minimum Gasteiger partial charge on any atom is -0.492 e. The van der Waals surface area contributed by atoms with Crippen molar-refractivity contribution in [2.24, 2.45) is 0 Å². The van der Waals surface area contributed by atoms with Crippen molar-refractivity contribution in [3.63, 3.8) is 0 Å². The van der Waals surface area contributed by atoms with Gasteiger partial charge >= 0.3 is 6.18 Å². The van der Waals surface area contributed by atoms with E-state index in [4.69, 9.17) is 16.3 Å². The van der Waals surface area contributed by atoms with E-state index in [0.717, 1.165) is 24.3 Å². The Morgan fingerprint density at radius 2 is 1.79 bits per heavy atom. The summed E-state index contributed by atoms with van der Waals surface area (Å²) in [6.07, 6.45) is -4.50. The van der Waals surface area contributed by atoms with Crippen LogP contribution < -0.4 is 14.8 Å². The number of ether oxygens (including phenoxy) is 1. The maximum absolute atomic E-state index is 12.6. The molecule has 11 heteroatoms. The molecule has 0 fully saturated rings. The summed E-state index contributed by atoms with van der Waals surface area (Å²) in [5, 5.41) is 2.45. The fraction of sp³-hybridized carbons (Fsp3) is 0.278. The van der Waals surface area contributed by atoms with Gasteiger partial charge in [-0.25, -0.2) is 8.42 Å². The first-order valence-corrected chi connectivity index (χ1v) is 10.2. The first-order valence-electron chi connectivity index (χ1n) is 8.37. The van der Waals surface area contributed by atoms with Crippen molar-refractivity contribution in [2.45, 2.75) is 31.0 Å². The molecule has 0 spiro atoms. The average Bonchev–Trinajstić information content (AvgIpc) is 2.62. The molecule has 0 saturated heterocycles. The predicted octanol–water partition coefficient (Wildman–Crippen LogP) is 4.06. The largest absolute Gasteiger partial charge is 0.492 e. The summed E-state index contributed by atoms with van der Waals surface area (Å²) in [5.74, 6) is -0.424. The molecule has 2 aromatic rings. The topological polar surface area (TPSA) is 84.5 Å². The van der Waals surface area contributed by atoms with Crippen molar-refractivity contribution in [3.8, 4) is 5.75 Å². The summed E-state index contributed by atoms with van der Waals surface area (Å²) in [6.45, 7) is 3.40. The molecule has 0 aliphatic carbocycles. The van der Waals surface area contributed by atoms with Crippen LogP contribution in [-0.2, 0) is 21.0 Å². The van der Waals surface area contributed by atoms with Crippen LogP contribution in [0.4, 0.5) is 18.9 Å². The lowest BCUT2D eigenvalue weighted by molar-refractivity contribution is -0.137. The Morgan fingerprint density at radius 1 is 1.17 bits per heavy atom. The number of nitrogens with one attached hydrogen (secondary N) is 2. The van der Waals surface area contributed by atoms with Crippen LogP contribution in [0.5, 0.6) is 5.75 Å². The number of alkyl halides is 3. The smallest absolute Gasteiger partial charge is 0.416 e. The quantitative estimate of drug-likeness (QED) is 0.666. The Kier molecular flexibility index (Phi) is 7.15. The van der Waals surface area contributed by atoms with Gasteiger partial charge in [-0.15, -0.1) is 0 Å². The van der Waals surface area contributed by atoms with Crippen molar-refractivity contribution in [2.75, 3.05) is 11.9 Å². The average molecular weight is 451 g/mol. The lowest BCUT2D eigenvalue weighted by atomic mass is 10.2. The zero-order chi connectivity index (χ0) is 21.8. The van der Waals surface area contributed by atoms with Crippen LogP contribution in [0, 0.1) is 0 Å². The second-order valence-corrected chi connectivity index (χ2v) is 8.05. The molecule has 158 valence electrons. The van der Waals surface area contributed by atoms with Gasteiger partial charge in [0.1, 0.15) is 5.75 Å². The first-order chi connectivity index (χ1) is 13.4. The SMILES string of the molecule is CCOc1ccc(S(=O)(=O)N[C@H](C)C(=O)Nc2ccc(C(F)(F)F)cc2)cc1Cl. The van der Waals surface area contributed by atoms with E-state index in [0.29, 0.717) is 12.4 Å². The number of halogens is 4. The molecular weight excluding hydrogens is 433 g/mol. The Balaban J connectivity index is 2.07. The molecule has 29 heavy (non-hydrogen) atoms. The van der Waals surface area contributed by atoms with Crippen LogP contribution in [0.2, 0.25) is 5.02 Å². The third-order valence-corrected chi connectivity index (χ3v) is 5.55. The summed E-state index contributed by atoms with van der Waals surface area (Å²) < 4.78 is 70.1. The first kappa shape index (κ1) is 23.0. The predicted molar refractivity (Wildman–Crippen MR) is 102 cm³/mol. The molecule has 0 heterocycles. The monoisotopic (exact) mass is 450 g/mol. The van der Waals surface area contributed by atoms with Gasteiger partial charge in [0, 0.05) is 5.69 Å². The molecule has 6 nitrogen and oxygen atoms in total. The summed E-state index contributed by atoms with van der Waals surface area (Å²) in [7, 11) is -4.08. The van der Waals surface area contributed by atoms with Crippen LogP contribution >= 0.6 is 11.6 Å². The van der Waals surface area contributed by atoms with Crippen LogP contribution in [0.25, 0.3) is 0 Å². The van der Waals surface area contributed by atoms with E-state index in [1.165, 1.54) is 25.1 Å². The molecular formula is C18H18ClF3N2O4S. The fourth-order valence-corrected chi connectivity index (χ4v) is 3.80. The van der Waals surface area contributed by atoms with Gasteiger partial charge in [0.15, 0.2) is 0 Å². The maximum Gasteiger partial charge on any atom is 0.416 e. The molecule has 0 aliphatic heterocycles. The number of hydrogen-bond donors (Lipinski definition) is 2. The maximum atomic E-state index is 12.6. The number of amides is 1. The highest BCUT2D eigenvalue weighted by Gasteiger charge is 2.30. The number of hydrogen-bond acceptors (Lipinski definition) is 4. The fourth-order valence-electron chi connectivity index (χ4n) is 2.27. The summed E-state index contributed by atoms with van der Waals surface area (Å²) in [4.78, 5) is 12.0. The van der Waals surface area contributed by atoms with Gasteiger partial charge in [-0.2, -0.15) is 17.9 Å². The zero-order valence-electron chi connectivity index (χ0n) is 15.4. The van der Waals surface area contributed by atoms with E-state index in [1.54, 1.807) is 6.92 Å². The van der Waals surface area contributed by atoms with Gasteiger partial charge in [-0.3, -0.25) is 4.79 Å². The van der Waals surface area contributed by atoms with E-state index in [-0.39, 0.29) is 15.6 Å². The molecule has 2 N–H and O–H groups in total. The molecule has 2 rings (SSSR count). The summed E-state index contributed by atoms with van der Waals surface area (Å²) in [6, 6.07) is 6.44. The Labute approximate surface area is 171 Å². The van der Waals surface area contributed by atoms with Gasteiger partial charge in [0.2, 0.25) is 15.9 Å². The molecule has 0 unspecified atom stereocenters. The lowest BCUT2D eigenvalue weighted by Crippen LogP contribution is -2.41. The van der Waals surface area contributed by atoms with Crippen molar-refractivity contribution in [1.82, 2.24) is 4.72 Å². The minimum absolute atomic E-state index is 0.0941. The van der Waals surface area contributed by atoms with Crippen molar-refractivity contribution in [3.05, 3.63) is 53.1 Å². The molecule has 0 aromatic heterocycles. The molecule has 0 bridgehead atoms. The second-order valence-electron chi connectivity index (χ2n) is 5.93. The molecule has 0 radical (unpaired) electrons. The number of carbonyl (C=O) groups excluding carboxylic acids is 1. The van der Waals surface area contributed by atoms with Gasteiger partial charge in [-0.1, -0.05) is 11.6 Å². The van der Waals surface area contributed by atoms with Crippen LogP contribution in [0.3, 0.4) is 0 Å². The number of carbonyl (C=O) groups is 1. The van der Waals surface area contributed by atoms with E-state index in [2.05, 4.69) is 10.0 Å². The molecule has 0 saturated carbocycles. The summed E-state index contributed by atoms with van der Waals surface area (Å²) >= 11 is 5.99. The number of benzene rings is 2. The molecule has 1 amide bonds. The van der Waals surface area contributed by atoms with Crippen LogP contribution in [-0.4, -0.2) is 27.0 Å². The highest BCUT2D eigenvalue weighted by atomic mass is 35.5. The number of sulfonamides is 1. The Hall–Kier alpha value is -2.30. The van der Waals surface area contributed by atoms with E-state index in [1.807, 2.05) is 0 Å². The zero-order valence-corrected chi connectivity index (χ0v) is 17.0. The van der Waals surface area contributed by atoms with Crippen molar-refractivity contribution in [1.29, 1.82) is 0 Å². The van der Waals surface area contributed by atoms with Crippen molar-refractivity contribution >= 4 is 33.2 Å². The standard InChI is InChI=1S/C18H18ClF3N2O4S/c1-3-28-16-9-8-14(10-15(16)19)29(26,27)24-11(2)17(25)23-13-6-4-12(5-7-13)18(20,21)22/h4-11,24H,3H2,1-2H3,(H,23,25)/t11-/m1/s1. The van der Waals surface area contributed by atoms with E-state index in [9.17, 15) is 26.4 Å². The van der Waals surface area contributed by atoms with Gasteiger partial charge in [-0.05, 0) is 56.3 Å². The molecule has 2 aromatic carbocycles. The normalized spacial score (nSPS) is 13.0. The van der Waals surface area contributed by atoms with Gasteiger partial charge < -0.3 is 10.1 Å². The van der Waals surface area contributed by atoms with Gasteiger partial charge in [0.05, 0.1) is 28.1 Å². The molecule has 1 atom stereocenters. The Morgan fingerprint density at radius 3 is 2.31 bits per heavy atom. The third-order valence-electron chi connectivity index (χ3n) is 3.72. The highest BCUT2D eigenvalue weighted by molar-refractivity contribution is 7.89. The van der Waals surface area contributed by atoms with Crippen LogP contribution in [0.15, 0.2) is 47.4 Å².